The van der Waals surface area contributed by atoms with Crippen molar-refractivity contribution in [3.63, 3.8) is 0 Å². The van der Waals surface area contributed by atoms with Gasteiger partial charge in [0, 0.05) is 18.2 Å². The summed E-state index contributed by atoms with van der Waals surface area (Å²) >= 11 is 0. The first-order chi connectivity index (χ1) is 16.0. The van der Waals surface area contributed by atoms with Crippen molar-refractivity contribution in [1.29, 1.82) is 0 Å². The van der Waals surface area contributed by atoms with Crippen LogP contribution in [-0.2, 0) is 23.4 Å². The minimum Gasteiger partial charge on any atom is -0.392 e. The third-order valence-corrected chi connectivity index (χ3v) is 6.89. The highest BCUT2D eigenvalue weighted by Crippen LogP contribution is 2.48. The van der Waals surface area contributed by atoms with Crippen LogP contribution in [0.4, 0.5) is 0 Å². The largest absolute Gasteiger partial charge is 0.392 e. The normalized spacial score (nSPS) is 22.1. The van der Waals surface area contributed by atoms with Crippen molar-refractivity contribution in [2.24, 2.45) is 0 Å². The smallest absolute Gasteiger partial charge is 0.255 e. The predicted molar refractivity (Wildman–Crippen MR) is 126 cm³/mol. The highest BCUT2D eigenvalue weighted by atomic mass is 16.3. The number of aliphatic hydroxyl groups is 1. The molecule has 168 valence electrons. The highest BCUT2D eigenvalue weighted by molar-refractivity contribution is 6.03. The van der Waals surface area contributed by atoms with Crippen molar-refractivity contribution in [3.8, 4) is 0 Å². The average Bonchev–Trinajstić information content (AvgIpc) is 3.67. The molecule has 5 heteroatoms. The van der Waals surface area contributed by atoms with Crippen molar-refractivity contribution in [2.75, 3.05) is 0 Å². The van der Waals surface area contributed by atoms with Gasteiger partial charge in [0.2, 0.25) is 5.91 Å². The van der Waals surface area contributed by atoms with Gasteiger partial charge < -0.3 is 15.3 Å². The summed E-state index contributed by atoms with van der Waals surface area (Å²) in [5, 5.41) is 12.7. The number of benzene rings is 3. The summed E-state index contributed by atoms with van der Waals surface area (Å²) in [6, 6.07) is 24.7. The average molecular weight is 441 g/mol. The summed E-state index contributed by atoms with van der Waals surface area (Å²) in [5.74, 6) is -0.137. The van der Waals surface area contributed by atoms with E-state index in [1.54, 1.807) is 0 Å². The molecule has 5 nitrogen and oxygen atoms in total. The van der Waals surface area contributed by atoms with E-state index < -0.39 is 11.5 Å². The lowest BCUT2D eigenvalue weighted by atomic mass is 9.67. The Morgan fingerprint density at radius 1 is 0.970 bits per heavy atom. The Labute approximate surface area is 194 Å². The predicted octanol–water partition coefficient (Wildman–Crippen LogP) is 4.11. The van der Waals surface area contributed by atoms with Crippen molar-refractivity contribution in [1.82, 2.24) is 10.2 Å². The maximum atomic E-state index is 13.9. The molecule has 0 bridgehead atoms. The Morgan fingerprint density at radius 2 is 1.64 bits per heavy atom. The van der Waals surface area contributed by atoms with Gasteiger partial charge >= 0.3 is 0 Å². The molecule has 0 spiro atoms. The van der Waals surface area contributed by atoms with E-state index >= 15 is 0 Å². The van der Waals surface area contributed by atoms with Crippen LogP contribution in [0.5, 0.6) is 0 Å². The Morgan fingerprint density at radius 3 is 2.30 bits per heavy atom. The van der Waals surface area contributed by atoms with E-state index in [9.17, 15) is 14.7 Å². The summed E-state index contributed by atoms with van der Waals surface area (Å²) < 4.78 is 0. The van der Waals surface area contributed by atoms with Crippen LogP contribution in [0.2, 0.25) is 0 Å². The number of carbonyl (C=O) groups is 2. The van der Waals surface area contributed by atoms with Crippen LogP contribution >= 0.6 is 0 Å². The van der Waals surface area contributed by atoms with Gasteiger partial charge in [0.1, 0.15) is 0 Å². The lowest BCUT2D eigenvalue weighted by Gasteiger charge is -2.48. The second-order valence-corrected chi connectivity index (χ2v) is 9.22. The topological polar surface area (TPSA) is 69.6 Å². The summed E-state index contributed by atoms with van der Waals surface area (Å²) in [5.41, 5.74) is 3.04. The van der Waals surface area contributed by atoms with Crippen molar-refractivity contribution in [2.45, 2.75) is 50.4 Å². The van der Waals surface area contributed by atoms with Crippen LogP contribution in [0.3, 0.4) is 0 Å². The minimum absolute atomic E-state index is 0.0557. The molecule has 2 N–H and O–H groups in total. The molecule has 2 atom stereocenters. The van der Waals surface area contributed by atoms with E-state index in [1.165, 1.54) is 0 Å². The van der Waals surface area contributed by atoms with Gasteiger partial charge in [0.25, 0.3) is 5.91 Å². The van der Waals surface area contributed by atoms with E-state index in [-0.39, 0.29) is 24.5 Å². The third kappa shape index (κ3) is 3.83. The first-order valence-corrected chi connectivity index (χ1v) is 11.5. The molecule has 1 saturated carbocycles. The molecule has 0 unspecified atom stereocenters. The van der Waals surface area contributed by atoms with Gasteiger partial charge in [-0.2, -0.15) is 0 Å². The molecule has 2 aliphatic rings. The second-order valence-electron chi connectivity index (χ2n) is 9.22. The zero-order valence-corrected chi connectivity index (χ0v) is 18.7. The van der Waals surface area contributed by atoms with Crippen LogP contribution in [0, 0.1) is 0 Å². The number of hydrogen-bond donors (Lipinski definition) is 2. The molecule has 3 aromatic carbocycles. The first-order valence-electron chi connectivity index (χ1n) is 11.5. The second kappa shape index (κ2) is 8.49. The Kier molecular flexibility index (Phi) is 5.51. The van der Waals surface area contributed by atoms with Crippen LogP contribution < -0.4 is 5.32 Å². The molecule has 3 aromatic rings. The number of rotatable bonds is 6. The fourth-order valence-corrected chi connectivity index (χ4v) is 4.92. The molecule has 33 heavy (non-hydrogen) atoms. The molecule has 1 heterocycles. The molecule has 0 saturated heterocycles. The minimum atomic E-state index is -0.970. The SMILES string of the molecule is C[C@]1(C(=O)NC2CC2)c2ccccc2C(=O)N(Cc2ccccc2)[C@H]1c1ccc(CO)cc1. The van der Waals surface area contributed by atoms with Crippen LogP contribution in [0.15, 0.2) is 78.9 Å². The standard InChI is InChI=1S/C28H28N2O3/c1-28(27(33)29-22-15-16-22)24-10-6-5-9-23(24)26(32)30(17-19-7-3-2-4-8-19)25(28)21-13-11-20(18-31)12-14-21/h2-14,22,25,31H,15-18H2,1H3,(H,29,33)/t25-,28-/m0/s1. The Balaban J connectivity index is 1.69. The maximum Gasteiger partial charge on any atom is 0.255 e. The van der Waals surface area contributed by atoms with Gasteiger partial charge in [-0.05, 0) is 48.1 Å². The molecular formula is C28H28N2O3. The van der Waals surface area contributed by atoms with Crippen molar-refractivity contribution in [3.05, 3.63) is 107 Å². The zero-order chi connectivity index (χ0) is 23.0. The number of hydrogen-bond acceptors (Lipinski definition) is 3. The number of fused-ring (bicyclic) bond motifs is 1. The quantitative estimate of drug-likeness (QED) is 0.606. The summed E-state index contributed by atoms with van der Waals surface area (Å²) in [7, 11) is 0. The lowest BCUT2D eigenvalue weighted by Crippen LogP contribution is -2.57. The zero-order valence-electron chi connectivity index (χ0n) is 18.7. The maximum absolute atomic E-state index is 13.9. The van der Waals surface area contributed by atoms with E-state index in [2.05, 4.69) is 5.32 Å². The number of nitrogens with zero attached hydrogens (tertiary/aromatic N) is 1. The van der Waals surface area contributed by atoms with Gasteiger partial charge in [0.05, 0.1) is 18.1 Å². The van der Waals surface area contributed by atoms with E-state index in [0.29, 0.717) is 12.1 Å². The van der Waals surface area contributed by atoms with Crippen LogP contribution in [0.1, 0.15) is 58.4 Å². The number of nitrogens with one attached hydrogen (secondary N) is 1. The molecule has 1 aliphatic heterocycles. The van der Waals surface area contributed by atoms with Crippen molar-refractivity contribution >= 4 is 11.8 Å². The van der Waals surface area contributed by atoms with Gasteiger partial charge in [-0.15, -0.1) is 0 Å². The van der Waals surface area contributed by atoms with E-state index in [4.69, 9.17) is 0 Å². The summed E-state index contributed by atoms with van der Waals surface area (Å²) in [4.78, 5) is 29.5. The van der Waals surface area contributed by atoms with Crippen LogP contribution in [-0.4, -0.2) is 27.9 Å². The summed E-state index contributed by atoms with van der Waals surface area (Å²) in [6.45, 7) is 2.30. The Bertz CT molecular complexity index is 1170. The van der Waals surface area contributed by atoms with Gasteiger partial charge in [0.15, 0.2) is 0 Å². The molecule has 0 radical (unpaired) electrons. The van der Waals surface area contributed by atoms with Gasteiger partial charge in [-0.1, -0.05) is 72.8 Å². The van der Waals surface area contributed by atoms with Crippen molar-refractivity contribution < 1.29 is 14.7 Å². The number of aliphatic hydroxyl groups excluding tert-OH is 1. The lowest BCUT2D eigenvalue weighted by molar-refractivity contribution is -0.129. The monoisotopic (exact) mass is 440 g/mol. The van der Waals surface area contributed by atoms with Crippen LogP contribution in [0.25, 0.3) is 0 Å². The molecule has 0 aromatic heterocycles. The number of carbonyl (C=O) groups excluding carboxylic acids is 2. The molecule has 2 amide bonds. The fraction of sp³-hybridized carbons (Fsp3) is 0.286. The van der Waals surface area contributed by atoms with E-state index in [0.717, 1.165) is 35.1 Å². The Hall–Kier alpha value is -3.44. The summed E-state index contributed by atoms with van der Waals surface area (Å²) in [6.07, 6.45) is 1.98. The molecule has 5 rings (SSSR count). The van der Waals surface area contributed by atoms with Gasteiger partial charge in [-0.3, -0.25) is 9.59 Å². The molecule has 1 fully saturated rings. The molecular weight excluding hydrogens is 412 g/mol. The van der Waals surface area contributed by atoms with E-state index in [1.807, 2.05) is 90.7 Å². The van der Waals surface area contributed by atoms with Gasteiger partial charge in [-0.25, -0.2) is 0 Å². The highest BCUT2D eigenvalue weighted by Gasteiger charge is 2.53. The first kappa shape index (κ1) is 21.4. The third-order valence-electron chi connectivity index (χ3n) is 6.89. The fourth-order valence-electron chi connectivity index (χ4n) is 4.92. The number of amides is 2. The molecule has 1 aliphatic carbocycles.